The lowest BCUT2D eigenvalue weighted by atomic mass is 9.83. The predicted molar refractivity (Wildman–Crippen MR) is 208 cm³/mol. The zero-order valence-corrected chi connectivity index (χ0v) is 27.2. The largest absolute Gasteiger partial charge is 0.309 e. The highest BCUT2D eigenvalue weighted by molar-refractivity contribution is 6.10. The number of benzene rings is 8. The molecule has 1 heteroatoms. The predicted octanol–water partition coefficient (Wildman–Crippen LogP) is 12.6. The van der Waals surface area contributed by atoms with Crippen LogP contribution in [0.5, 0.6) is 0 Å². The van der Waals surface area contributed by atoms with Crippen molar-refractivity contribution >= 4 is 32.6 Å². The van der Waals surface area contributed by atoms with Gasteiger partial charge in [-0.25, -0.2) is 0 Å². The van der Waals surface area contributed by atoms with Gasteiger partial charge < -0.3 is 4.57 Å². The van der Waals surface area contributed by atoms with E-state index in [9.17, 15) is 0 Å². The van der Waals surface area contributed by atoms with Crippen molar-refractivity contribution in [1.29, 1.82) is 0 Å². The van der Waals surface area contributed by atoms with E-state index < -0.39 is 0 Å². The first-order chi connectivity index (χ1) is 24.3. The molecule has 0 N–H and O–H groups in total. The number of aromatic nitrogens is 1. The van der Waals surface area contributed by atoms with E-state index >= 15 is 0 Å². The molecule has 0 spiro atoms. The monoisotopic (exact) mass is 625 g/mol. The van der Waals surface area contributed by atoms with Gasteiger partial charge in [-0.3, -0.25) is 0 Å². The molecule has 0 amide bonds. The van der Waals surface area contributed by atoms with Gasteiger partial charge in [0.05, 0.1) is 11.0 Å². The molecule has 1 aromatic heterocycles. The van der Waals surface area contributed by atoms with E-state index in [4.69, 9.17) is 0 Å². The van der Waals surface area contributed by atoms with Crippen LogP contribution < -0.4 is 0 Å². The molecule has 1 nitrogen and oxygen atoms in total. The van der Waals surface area contributed by atoms with Gasteiger partial charge in [0.15, 0.2) is 0 Å². The van der Waals surface area contributed by atoms with Crippen molar-refractivity contribution in [1.82, 2.24) is 4.57 Å². The Kier molecular flexibility index (Phi) is 7.37. The molecule has 0 aliphatic heterocycles. The molecule has 232 valence electrons. The van der Waals surface area contributed by atoms with Gasteiger partial charge in [-0.2, -0.15) is 0 Å². The molecular formula is C48H35N. The first kappa shape index (κ1) is 29.0. The first-order valence-electron chi connectivity index (χ1n) is 17.1. The number of rotatable bonds is 7. The third kappa shape index (κ3) is 5.30. The SMILES string of the molecule is c1ccc(C(Cc2ccc(-c3cccc(-c4ccc5c(c4)c4ccccc4n5-c4ccccc4)c3)c3ccccc23)c2ccccc2)cc1. The lowest BCUT2D eigenvalue weighted by molar-refractivity contribution is 0.810. The van der Waals surface area contributed by atoms with E-state index in [2.05, 4.69) is 199 Å². The summed E-state index contributed by atoms with van der Waals surface area (Å²) in [6, 6.07) is 70.8. The minimum absolute atomic E-state index is 0.280. The minimum Gasteiger partial charge on any atom is -0.309 e. The maximum atomic E-state index is 2.37. The molecule has 0 radical (unpaired) electrons. The third-order valence-electron chi connectivity index (χ3n) is 10.0. The summed E-state index contributed by atoms with van der Waals surface area (Å²) in [6.07, 6.45) is 0.936. The van der Waals surface area contributed by atoms with Gasteiger partial charge in [0.2, 0.25) is 0 Å². The van der Waals surface area contributed by atoms with E-state index in [1.807, 2.05) is 0 Å². The van der Waals surface area contributed by atoms with Gasteiger partial charge in [0.1, 0.15) is 0 Å². The Hall–Kier alpha value is -6.18. The summed E-state index contributed by atoms with van der Waals surface area (Å²) in [7, 11) is 0. The fourth-order valence-electron chi connectivity index (χ4n) is 7.68. The summed E-state index contributed by atoms with van der Waals surface area (Å²) in [6.45, 7) is 0. The van der Waals surface area contributed by atoms with E-state index in [1.165, 1.54) is 77.2 Å². The molecule has 9 rings (SSSR count). The fraction of sp³-hybridized carbons (Fsp3) is 0.0417. The van der Waals surface area contributed by atoms with Gasteiger partial charge in [0, 0.05) is 22.4 Å². The highest BCUT2D eigenvalue weighted by Gasteiger charge is 2.18. The summed E-state index contributed by atoms with van der Waals surface area (Å²) in [5, 5.41) is 5.14. The molecule has 0 saturated heterocycles. The maximum Gasteiger partial charge on any atom is 0.0541 e. The van der Waals surface area contributed by atoms with Crippen LogP contribution in [-0.4, -0.2) is 4.57 Å². The van der Waals surface area contributed by atoms with Crippen molar-refractivity contribution in [3.8, 4) is 27.9 Å². The number of nitrogens with zero attached hydrogens (tertiary/aromatic N) is 1. The topological polar surface area (TPSA) is 4.93 Å². The fourth-order valence-corrected chi connectivity index (χ4v) is 7.68. The van der Waals surface area contributed by atoms with Gasteiger partial charge in [-0.1, -0.05) is 158 Å². The Morgan fingerprint density at radius 2 is 0.939 bits per heavy atom. The van der Waals surface area contributed by atoms with Crippen molar-refractivity contribution in [2.75, 3.05) is 0 Å². The molecule has 49 heavy (non-hydrogen) atoms. The van der Waals surface area contributed by atoms with Crippen molar-refractivity contribution < 1.29 is 0 Å². The van der Waals surface area contributed by atoms with Gasteiger partial charge in [0.25, 0.3) is 0 Å². The number of hydrogen-bond donors (Lipinski definition) is 0. The van der Waals surface area contributed by atoms with Crippen molar-refractivity contribution in [2.45, 2.75) is 12.3 Å². The molecule has 0 bridgehead atoms. The van der Waals surface area contributed by atoms with Crippen LogP contribution in [0.2, 0.25) is 0 Å². The van der Waals surface area contributed by atoms with E-state index in [1.54, 1.807) is 0 Å². The minimum atomic E-state index is 0.280. The molecule has 0 fully saturated rings. The van der Waals surface area contributed by atoms with E-state index in [0.717, 1.165) is 6.42 Å². The standard InChI is InChI=1S/C48H35N/c1-4-15-34(16-5-1)45(35-17-6-2-7-18-35)33-39-27-29-42(43-24-11-10-23-41(39)43)38-20-14-19-36(31-38)37-28-30-48-46(32-37)44-25-12-13-26-47(44)49(48)40-21-8-3-9-22-40/h1-32,45H,33H2. The molecule has 1 heterocycles. The summed E-state index contributed by atoms with van der Waals surface area (Å²) in [5.74, 6) is 0.280. The summed E-state index contributed by atoms with van der Waals surface area (Å²) in [5.41, 5.74) is 12.6. The normalized spacial score (nSPS) is 11.5. The second kappa shape index (κ2) is 12.4. The summed E-state index contributed by atoms with van der Waals surface area (Å²) < 4.78 is 2.37. The molecule has 0 atom stereocenters. The van der Waals surface area contributed by atoms with Crippen LogP contribution in [0, 0.1) is 0 Å². The summed E-state index contributed by atoms with van der Waals surface area (Å²) in [4.78, 5) is 0. The zero-order chi connectivity index (χ0) is 32.6. The van der Waals surface area contributed by atoms with Crippen molar-refractivity contribution in [2.24, 2.45) is 0 Å². The zero-order valence-electron chi connectivity index (χ0n) is 27.2. The number of para-hydroxylation sites is 2. The lowest BCUT2D eigenvalue weighted by Crippen LogP contribution is -2.05. The number of fused-ring (bicyclic) bond motifs is 4. The van der Waals surface area contributed by atoms with Crippen LogP contribution in [0.4, 0.5) is 0 Å². The second-order valence-corrected chi connectivity index (χ2v) is 12.9. The molecule has 9 aromatic rings. The van der Waals surface area contributed by atoms with Crippen LogP contribution >= 0.6 is 0 Å². The second-order valence-electron chi connectivity index (χ2n) is 12.9. The molecular weight excluding hydrogens is 591 g/mol. The Bertz CT molecular complexity index is 2520. The Labute approximate surface area is 287 Å². The van der Waals surface area contributed by atoms with Crippen LogP contribution in [-0.2, 0) is 6.42 Å². The van der Waals surface area contributed by atoms with Crippen molar-refractivity contribution in [3.63, 3.8) is 0 Å². The molecule has 0 saturated carbocycles. The van der Waals surface area contributed by atoms with E-state index in [-0.39, 0.29) is 5.92 Å². The first-order valence-corrected chi connectivity index (χ1v) is 17.1. The highest BCUT2D eigenvalue weighted by atomic mass is 15.0. The average Bonchev–Trinajstić information content (AvgIpc) is 3.52. The summed E-state index contributed by atoms with van der Waals surface area (Å²) >= 11 is 0. The molecule has 0 unspecified atom stereocenters. The van der Waals surface area contributed by atoms with Crippen LogP contribution in [0.15, 0.2) is 194 Å². The molecule has 0 aliphatic carbocycles. The number of hydrogen-bond acceptors (Lipinski definition) is 0. The third-order valence-corrected chi connectivity index (χ3v) is 10.0. The Balaban J connectivity index is 1.12. The van der Waals surface area contributed by atoms with Crippen LogP contribution in [0.25, 0.3) is 60.5 Å². The lowest BCUT2D eigenvalue weighted by Gasteiger charge is -2.20. The quantitative estimate of drug-likeness (QED) is 0.166. The van der Waals surface area contributed by atoms with E-state index in [0.29, 0.717) is 0 Å². The molecule has 8 aromatic carbocycles. The van der Waals surface area contributed by atoms with Gasteiger partial charge >= 0.3 is 0 Å². The van der Waals surface area contributed by atoms with Gasteiger partial charge in [-0.05, 0) is 92.5 Å². The maximum absolute atomic E-state index is 2.37. The van der Waals surface area contributed by atoms with Crippen LogP contribution in [0.1, 0.15) is 22.6 Å². The van der Waals surface area contributed by atoms with Gasteiger partial charge in [-0.15, -0.1) is 0 Å². The highest BCUT2D eigenvalue weighted by Crippen LogP contribution is 2.38. The van der Waals surface area contributed by atoms with Crippen molar-refractivity contribution in [3.05, 3.63) is 211 Å². The Morgan fingerprint density at radius 3 is 1.67 bits per heavy atom. The van der Waals surface area contributed by atoms with Crippen LogP contribution in [0.3, 0.4) is 0 Å². The Morgan fingerprint density at radius 1 is 0.367 bits per heavy atom. The smallest absolute Gasteiger partial charge is 0.0541 e. The molecule has 0 aliphatic rings. The average molecular weight is 626 g/mol.